The van der Waals surface area contributed by atoms with Crippen LogP contribution >= 0.6 is 0 Å². The Balaban J connectivity index is 1.52. The highest BCUT2D eigenvalue weighted by Gasteiger charge is 2.33. The van der Waals surface area contributed by atoms with E-state index >= 15 is 0 Å². The molecule has 2 aliphatic heterocycles. The van der Waals surface area contributed by atoms with Crippen molar-refractivity contribution >= 4 is 11.7 Å². The van der Waals surface area contributed by atoms with Crippen molar-refractivity contribution in [2.75, 3.05) is 24.5 Å². The lowest BCUT2D eigenvalue weighted by atomic mass is 10.2. The Kier molecular flexibility index (Phi) is 3.92. The summed E-state index contributed by atoms with van der Waals surface area (Å²) < 4.78 is 5.07. The highest BCUT2D eigenvalue weighted by Crippen LogP contribution is 2.31. The van der Waals surface area contributed by atoms with Gasteiger partial charge in [-0.1, -0.05) is 5.16 Å². The molecule has 1 amide bonds. The van der Waals surface area contributed by atoms with Gasteiger partial charge in [0, 0.05) is 32.8 Å². The Morgan fingerprint density at radius 3 is 2.71 bits per heavy atom. The standard InChI is InChI=1S/C17H21N5O2/c1-12-19-16(20-24-12)14-5-4-10-22(14)17(23)13-6-7-15(18-11-13)21-8-2-3-9-21/h6-7,11,14H,2-5,8-10H2,1H3. The van der Waals surface area contributed by atoms with Gasteiger partial charge in [-0.2, -0.15) is 4.98 Å². The second kappa shape index (κ2) is 6.22. The van der Waals surface area contributed by atoms with Gasteiger partial charge in [-0.05, 0) is 37.8 Å². The first-order chi connectivity index (χ1) is 11.7. The molecule has 126 valence electrons. The summed E-state index contributed by atoms with van der Waals surface area (Å²) in [6.07, 6.45) is 5.92. The van der Waals surface area contributed by atoms with E-state index < -0.39 is 0 Å². The van der Waals surface area contributed by atoms with Crippen LogP contribution in [0.25, 0.3) is 0 Å². The number of nitrogens with zero attached hydrogens (tertiary/aromatic N) is 5. The molecule has 1 unspecified atom stereocenters. The van der Waals surface area contributed by atoms with Gasteiger partial charge in [0.15, 0.2) is 5.82 Å². The summed E-state index contributed by atoms with van der Waals surface area (Å²) in [5, 5.41) is 3.99. The molecule has 2 fully saturated rings. The molecule has 24 heavy (non-hydrogen) atoms. The number of anilines is 1. The van der Waals surface area contributed by atoms with Gasteiger partial charge in [-0.15, -0.1) is 0 Å². The van der Waals surface area contributed by atoms with Crippen molar-refractivity contribution < 1.29 is 9.32 Å². The third-order valence-electron chi connectivity index (χ3n) is 4.78. The van der Waals surface area contributed by atoms with Gasteiger partial charge >= 0.3 is 0 Å². The van der Waals surface area contributed by atoms with Gasteiger partial charge in [0.2, 0.25) is 5.89 Å². The lowest BCUT2D eigenvalue weighted by Crippen LogP contribution is -2.31. The summed E-state index contributed by atoms with van der Waals surface area (Å²) >= 11 is 0. The van der Waals surface area contributed by atoms with Crippen LogP contribution in [0.5, 0.6) is 0 Å². The molecule has 1 atom stereocenters. The molecule has 4 heterocycles. The van der Waals surface area contributed by atoms with Gasteiger partial charge in [-0.25, -0.2) is 4.98 Å². The molecule has 0 saturated carbocycles. The number of likely N-dealkylation sites (tertiary alicyclic amines) is 1. The largest absolute Gasteiger partial charge is 0.357 e. The van der Waals surface area contributed by atoms with Gasteiger partial charge in [0.1, 0.15) is 5.82 Å². The zero-order chi connectivity index (χ0) is 16.5. The summed E-state index contributed by atoms with van der Waals surface area (Å²) in [6, 6.07) is 3.72. The number of hydrogen-bond acceptors (Lipinski definition) is 6. The molecule has 0 radical (unpaired) electrons. The second-order valence-electron chi connectivity index (χ2n) is 6.43. The molecule has 0 bridgehead atoms. The Hall–Kier alpha value is -2.44. The van der Waals surface area contributed by atoms with E-state index in [4.69, 9.17) is 4.52 Å². The third kappa shape index (κ3) is 2.74. The van der Waals surface area contributed by atoms with E-state index in [1.54, 1.807) is 13.1 Å². The maximum Gasteiger partial charge on any atom is 0.256 e. The molecule has 2 aromatic rings. The fraction of sp³-hybridized carbons (Fsp3) is 0.529. The number of carbonyl (C=O) groups excluding carboxylic acids is 1. The number of carbonyl (C=O) groups is 1. The van der Waals surface area contributed by atoms with Gasteiger partial charge < -0.3 is 14.3 Å². The molecule has 4 rings (SSSR count). The lowest BCUT2D eigenvalue weighted by molar-refractivity contribution is 0.0728. The molecule has 2 saturated heterocycles. The van der Waals surface area contributed by atoms with Crippen LogP contribution in [-0.2, 0) is 0 Å². The average Bonchev–Trinajstić information content (AvgIpc) is 3.35. The molecule has 0 aromatic carbocycles. The first kappa shape index (κ1) is 15.1. The van der Waals surface area contributed by atoms with Crippen molar-refractivity contribution in [3.63, 3.8) is 0 Å². The zero-order valence-corrected chi connectivity index (χ0v) is 13.8. The van der Waals surface area contributed by atoms with Crippen LogP contribution < -0.4 is 4.90 Å². The summed E-state index contributed by atoms with van der Waals surface area (Å²) in [5.74, 6) is 2.07. The highest BCUT2D eigenvalue weighted by atomic mass is 16.5. The van der Waals surface area contributed by atoms with Crippen molar-refractivity contribution in [2.45, 2.75) is 38.6 Å². The fourth-order valence-corrected chi connectivity index (χ4v) is 3.54. The van der Waals surface area contributed by atoms with Crippen LogP contribution in [0.3, 0.4) is 0 Å². The molecule has 7 heteroatoms. The van der Waals surface area contributed by atoms with Gasteiger partial charge in [0.25, 0.3) is 5.91 Å². The molecular weight excluding hydrogens is 306 g/mol. The predicted molar refractivity (Wildman–Crippen MR) is 87.7 cm³/mol. The molecule has 7 nitrogen and oxygen atoms in total. The number of amides is 1. The normalized spacial score (nSPS) is 20.8. The van der Waals surface area contributed by atoms with Crippen LogP contribution in [0.15, 0.2) is 22.9 Å². The smallest absolute Gasteiger partial charge is 0.256 e. The number of aromatic nitrogens is 3. The molecule has 2 aromatic heterocycles. The van der Waals surface area contributed by atoms with E-state index in [1.807, 2.05) is 17.0 Å². The van der Waals surface area contributed by atoms with E-state index in [9.17, 15) is 4.79 Å². The van der Waals surface area contributed by atoms with Crippen molar-refractivity contribution in [3.05, 3.63) is 35.6 Å². The third-order valence-corrected chi connectivity index (χ3v) is 4.78. The first-order valence-electron chi connectivity index (χ1n) is 8.54. The summed E-state index contributed by atoms with van der Waals surface area (Å²) in [7, 11) is 0. The monoisotopic (exact) mass is 327 g/mol. The minimum atomic E-state index is -0.104. The summed E-state index contributed by atoms with van der Waals surface area (Å²) in [6.45, 7) is 4.57. The van der Waals surface area contributed by atoms with Crippen LogP contribution in [0.2, 0.25) is 0 Å². The Morgan fingerprint density at radius 1 is 1.21 bits per heavy atom. The molecule has 2 aliphatic rings. The van der Waals surface area contributed by atoms with E-state index in [0.29, 0.717) is 23.8 Å². The number of aryl methyl sites for hydroxylation is 1. The SMILES string of the molecule is Cc1nc(C2CCCN2C(=O)c2ccc(N3CCCC3)nc2)no1. The highest BCUT2D eigenvalue weighted by molar-refractivity contribution is 5.94. The van der Waals surface area contributed by atoms with Crippen molar-refractivity contribution in [1.29, 1.82) is 0 Å². The summed E-state index contributed by atoms with van der Waals surface area (Å²) in [5.41, 5.74) is 0.616. The second-order valence-corrected chi connectivity index (χ2v) is 6.43. The van der Waals surface area contributed by atoms with E-state index in [0.717, 1.165) is 31.7 Å². The van der Waals surface area contributed by atoms with Crippen molar-refractivity contribution in [1.82, 2.24) is 20.0 Å². The maximum atomic E-state index is 12.9. The van der Waals surface area contributed by atoms with E-state index in [2.05, 4.69) is 20.0 Å². The van der Waals surface area contributed by atoms with E-state index in [-0.39, 0.29) is 11.9 Å². The average molecular weight is 327 g/mol. The number of pyridine rings is 1. The predicted octanol–water partition coefficient (Wildman–Crippen LogP) is 2.35. The van der Waals surface area contributed by atoms with Gasteiger partial charge in [0.05, 0.1) is 11.6 Å². The maximum absolute atomic E-state index is 12.9. The minimum absolute atomic E-state index is 0.0135. The molecule has 0 spiro atoms. The van der Waals surface area contributed by atoms with E-state index in [1.165, 1.54) is 12.8 Å². The van der Waals surface area contributed by atoms with Crippen LogP contribution in [0.1, 0.15) is 53.8 Å². The Bertz CT molecular complexity index is 721. The first-order valence-corrected chi connectivity index (χ1v) is 8.54. The Morgan fingerprint density at radius 2 is 2.04 bits per heavy atom. The van der Waals surface area contributed by atoms with Crippen LogP contribution in [0.4, 0.5) is 5.82 Å². The quantitative estimate of drug-likeness (QED) is 0.861. The summed E-state index contributed by atoms with van der Waals surface area (Å²) in [4.78, 5) is 25.7. The molecular formula is C17H21N5O2. The van der Waals surface area contributed by atoms with Crippen molar-refractivity contribution in [3.8, 4) is 0 Å². The Labute approximate surface area is 140 Å². The molecule has 0 aliphatic carbocycles. The minimum Gasteiger partial charge on any atom is -0.357 e. The number of rotatable bonds is 3. The number of hydrogen-bond donors (Lipinski definition) is 0. The zero-order valence-electron chi connectivity index (χ0n) is 13.8. The van der Waals surface area contributed by atoms with Crippen LogP contribution in [0, 0.1) is 6.92 Å². The lowest BCUT2D eigenvalue weighted by Gasteiger charge is -2.22. The van der Waals surface area contributed by atoms with Crippen molar-refractivity contribution in [2.24, 2.45) is 0 Å². The fourth-order valence-electron chi connectivity index (χ4n) is 3.54. The topological polar surface area (TPSA) is 75.4 Å². The van der Waals surface area contributed by atoms with Crippen LogP contribution in [-0.4, -0.2) is 45.6 Å². The van der Waals surface area contributed by atoms with Gasteiger partial charge in [-0.3, -0.25) is 4.79 Å². The molecule has 0 N–H and O–H groups in total.